The normalized spacial score (nSPS) is 13.4. The molecule has 4 nitrogen and oxygen atoms in total. The van der Waals surface area contributed by atoms with E-state index in [1.807, 2.05) is 11.8 Å². The highest BCUT2D eigenvalue weighted by atomic mass is 16.5. The van der Waals surface area contributed by atoms with Crippen molar-refractivity contribution in [2.45, 2.75) is 39.7 Å². The Morgan fingerprint density at radius 1 is 1.31 bits per heavy atom. The van der Waals surface area contributed by atoms with Crippen LogP contribution in [0, 0.1) is 5.92 Å². The van der Waals surface area contributed by atoms with Crippen molar-refractivity contribution in [1.29, 1.82) is 0 Å². The maximum Gasteiger partial charge on any atom is 0.323 e. The Morgan fingerprint density at radius 2 is 1.88 bits per heavy atom. The molecule has 0 aliphatic heterocycles. The van der Waals surface area contributed by atoms with Gasteiger partial charge in [-0.25, -0.2) is 0 Å². The second-order valence-corrected chi connectivity index (χ2v) is 4.08. The Hall–Kier alpha value is -0.610. The highest BCUT2D eigenvalue weighted by Gasteiger charge is 2.25. The van der Waals surface area contributed by atoms with Crippen molar-refractivity contribution in [3.8, 4) is 0 Å². The fraction of sp³-hybridized carbons (Fsp3) is 0.917. The van der Waals surface area contributed by atoms with E-state index in [0.717, 1.165) is 25.9 Å². The largest absolute Gasteiger partial charge is 0.480 e. The van der Waals surface area contributed by atoms with Gasteiger partial charge in [0.15, 0.2) is 0 Å². The number of aliphatic carboxylic acids is 1. The van der Waals surface area contributed by atoms with Crippen LogP contribution in [0.4, 0.5) is 0 Å². The number of ether oxygens (including phenoxy) is 1. The summed E-state index contributed by atoms with van der Waals surface area (Å²) in [7, 11) is 1.54. The average Bonchev–Trinajstić information content (AvgIpc) is 2.28. The molecule has 1 atom stereocenters. The molecule has 16 heavy (non-hydrogen) atoms. The monoisotopic (exact) mass is 231 g/mol. The van der Waals surface area contributed by atoms with Gasteiger partial charge in [0, 0.05) is 13.7 Å². The predicted molar refractivity (Wildman–Crippen MR) is 64.6 cm³/mol. The van der Waals surface area contributed by atoms with Gasteiger partial charge in [0.1, 0.15) is 6.04 Å². The summed E-state index contributed by atoms with van der Waals surface area (Å²) in [4.78, 5) is 13.1. The number of carboxylic acid groups (broad SMARTS) is 1. The molecule has 0 amide bonds. The average molecular weight is 231 g/mol. The summed E-state index contributed by atoms with van der Waals surface area (Å²) in [5.41, 5.74) is 0. The van der Waals surface area contributed by atoms with E-state index in [0.29, 0.717) is 5.92 Å². The lowest BCUT2D eigenvalue weighted by atomic mass is 10.0. The van der Waals surface area contributed by atoms with Crippen molar-refractivity contribution in [1.82, 2.24) is 4.90 Å². The summed E-state index contributed by atoms with van der Waals surface area (Å²) in [5, 5.41) is 9.14. The second-order valence-electron chi connectivity index (χ2n) is 4.08. The first-order chi connectivity index (χ1) is 7.60. The fourth-order valence-electron chi connectivity index (χ4n) is 1.85. The van der Waals surface area contributed by atoms with E-state index < -0.39 is 12.0 Å². The first-order valence-corrected chi connectivity index (χ1v) is 6.06. The molecule has 4 heteroatoms. The molecule has 0 spiro atoms. The van der Waals surface area contributed by atoms with Crippen LogP contribution in [0.5, 0.6) is 0 Å². The second kappa shape index (κ2) is 8.53. The summed E-state index contributed by atoms with van der Waals surface area (Å²) in [6.07, 6.45) is 2.18. The molecule has 0 aromatic rings. The van der Waals surface area contributed by atoms with E-state index in [1.165, 1.54) is 0 Å². The van der Waals surface area contributed by atoms with Crippen LogP contribution in [0.2, 0.25) is 0 Å². The SMILES string of the molecule is CCC(CC)CN(CC)C(COC)C(=O)O. The third-order valence-corrected chi connectivity index (χ3v) is 3.10. The fourth-order valence-corrected chi connectivity index (χ4v) is 1.85. The first-order valence-electron chi connectivity index (χ1n) is 6.06. The minimum atomic E-state index is -0.797. The van der Waals surface area contributed by atoms with Gasteiger partial charge in [0.05, 0.1) is 6.61 Å². The van der Waals surface area contributed by atoms with Gasteiger partial charge in [-0.05, 0) is 12.5 Å². The van der Waals surface area contributed by atoms with Crippen molar-refractivity contribution in [2.75, 3.05) is 26.8 Å². The van der Waals surface area contributed by atoms with E-state index in [-0.39, 0.29) is 6.61 Å². The van der Waals surface area contributed by atoms with Gasteiger partial charge in [0.2, 0.25) is 0 Å². The van der Waals surface area contributed by atoms with Crippen LogP contribution in [0.3, 0.4) is 0 Å². The summed E-state index contributed by atoms with van der Waals surface area (Å²) in [6, 6.07) is -0.518. The van der Waals surface area contributed by atoms with Gasteiger partial charge in [0.25, 0.3) is 0 Å². The van der Waals surface area contributed by atoms with Gasteiger partial charge in [-0.3, -0.25) is 9.69 Å². The topological polar surface area (TPSA) is 49.8 Å². The molecule has 1 unspecified atom stereocenters. The number of likely N-dealkylation sites (N-methyl/N-ethyl adjacent to an activating group) is 1. The van der Waals surface area contributed by atoms with Crippen LogP contribution in [0.1, 0.15) is 33.6 Å². The van der Waals surface area contributed by atoms with Gasteiger partial charge >= 0.3 is 5.97 Å². The molecule has 0 fully saturated rings. The smallest absolute Gasteiger partial charge is 0.323 e. The number of hydrogen-bond acceptors (Lipinski definition) is 3. The van der Waals surface area contributed by atoms with Crippen LogP contribution < -0.4 is 0 Å². The minimum absolute atomic E-state index is 0.253. The predicted octanol–water partition coefficient (Wildman–Crippen LogP) is 1.84. The zero-order valence-corrected chi connectivity index (χ0v) is 10.9. The Balaban J connectivity index is 4.46. The Labute approximate surface area is 98.6 Å². The van der Waals surface area contributed by atoms with E-state index in [2.05, 4.69) is 13.8 Å². The van der Waals surface area contributed by atoms with E-state index in [1.54, 1.807) is 7.11 Å². The Kier molecular flexibility index (Phi) is 8.21. The molecular formula is C12H25NO3. The molecule has 0 saturated heterocycles. The number of carbonyl (C=O) groups is 1. The lowest BCUT2D eigenvalue weighted by Crippen LogP contribution is -2.46. The Bertz CT molecular complexity index is 193. The van der Waals surface area contributed by atoms with Crippen LogP contribution in [-0.4, -0.2) is 48.8 Å². The lowest BCUT2D eigenvalue weighted by molar-refractivity contribution is -0.145. The number of carboxylic acids is 1. The summed E-state index contributed by atoms with van der Waals surface area (Å²) >= 11 is 0. The van der Waals surface area contributed by atoms with Crippen molar-refractivity contribution in [3.05, 3.63) is 0 Å². The van der Waals surface area contributed by atoms with E-state index >= 15 is 0 Å². The quantitative estimate of drug-likeness (QED) is 0.658. The molecule has 1 N–H and O–H groups in total. The van der Waals surface area contributed by atoms with Crippen LogP contribution in [0.25, 0.3) is 0 Å². The summed E-state index contributed by atoms with van der Waals surface area (Å²) in [5.74, 6) is -0.228. The molecule has 0 aliphatic carbocycles. The molecule has 0 saturated carbocycles. The highest BCUT2D eigenvalue weighted by molar-refractivity contribution is 5.73. The number of nitrogens with zero attached hydrogens (tertiary/aromatic N) is 1. The van der Waals surface area contributed by atoms with E-state index in [9.17, 15) is 4.79 Å². The van der Waals surface area contributed by atoms with Gasteiger partial charge in [-0.2, -0.15) is 0 Å². The molecule has 0 bridgehead atoms. The number of rotatable bonds is 9. The summed E-state index contributed by atoms with van der Waals surface area (Å²) < 4.78 is 4.97. The van der Waals surface area contributed by atoms with Crippen molar-refractivity contribution >= 4 is 5.97 Å². The van der Waals surface area contributed by atoms with Crippen molar-refractivity contribution in [2.24, 2.45) is 5.92 Å². The van der Waals surface area contributed by atoms with Gasteiger partial charge in [-0.15, -0.1) is 0 Å². The lowest BCUT2D eigenvalue weighted by Gasteiger charge is -2.30. The zero-order valence-electron chi connectivity index (χ0n) is 10.9. The van der Waals surface area contributed by atoms with Crippen LogP contribution in [-0.2, 0) is 9.53 Å². The highest BCUT2D eigenvalue weighted by Crippen LogP contribution is 2.12. The standard InChI is InChI=1S/C12H25NO3/c1-5-10(6-2)8-13(7-3)11(9-16-4)12(14)15/h10-11H,5-9H2,1-4H3,(H,14,15). The Morgan fingerprint density at radius 3 is 2.19 bits per heavy atom. The van der Waals surface area contributed by atoms with Gasteiger partial charge < -0.3 is 9.84 Å². The minimum Gasteiger partial charge on any atom is -0.480 e. The molecule has 0 radical (unpaired) electrons. The number of hydrogen-bond donors (Lipinski definition) is 1. The van der Waals surface area contributed by atoms with Gasteiger partial charge in [-0.1, -0.05) is 33.6 Å². The first kappa shape index (κ1) is 15.4. The molecule has 0 heterocycles. The van der Waals surface area contributed by atoms with E-state index in [4.69, 9.17) is 9.84 Å². The third-order valence-electron chi connectivity index (χ3n) is 3.10. The molecule has 0 aliphatic rings. The molecule has 0 rings (SSSR count). The molecule has 0 aromatic heterocycles. The third kappa shape index (κ3) is 4.94. The maximum absolute atomic E-state index is 11.1. The van der Waals surface area contributed by atoms with Crippen molar-refractivity contribution < 1.29 is 14.6 Å². The molecular weight excluding hydrogens is 206 g/mol. The number of methoxy groups -OCH3 is 1. The maximum atomic E-state index is 11.1. The zero-order chi connectivity index (χ0) is 12.6. The van der Waals surface area contributed by atoms with Crippen LogP contribution in [0.15, 0.2) is 0 Å². The summed E-state index contributed by atoms with van der Waals surface area (Å²) in [6.45, 7) is 8.13. The molecule has 0 aromatic carbocycles. The van der Waals surface area contributed by atoms with Crippen molar-refractivity contribution in [3.63, 3.8) is 0 Å². The van der Waals surface area contributed by atoms with Crippen LogP contribution >= 0.6 is 0 Å². The molecule has 96 valence electrons.